The van der Waals surface area contributed by atoms with Gasteiger partial charge in [-0.05, 0) is 105 Å². The summed E-state index contributed by atoms with van der Waals surface area (Å²) >= 11 is 0. The van der Waals surface area contributed by atoms with Gasteiger partial charge in [0, 0.05) is 55.1 Å². The molecular formula is C44H61FN6O5. The lowest BCUT2D eigenvalue weighted by Crippen LogP contribution is -2.62. The van der Waals surface area contributed by atoms with Crippen LogP contribution in [0.25, 0.3) is 11.1 Å². The van der Waals surface area contributed by atoms with Gasteiger partial charge in [0.1, 0.15) is 23.8 Å². The number of aliphatic hydroxyl groups is 1. The summed E-state index contributed by atoms with van der Waals surface area (Å²) in [6.45, 7) is 8.89. The van der Waals surface area contributed by atoms with Crippen molar-refractivity contribution in [2.24, 2.45) is 34.8 Å². The lowest BCUT2D eigenvalue weighted by atomic mass is 9.45. The molecule has 0 spiro atoms. The number of benzene rings is 3. The van der Waals surface area contributed by atoms with Gasteiger partial charge in [-0.3, -0.25) is 14.4 Å². The number of aliphatic hydroxyl groups excluding tert-OH is 1. The van der Waals surface area contributed by atoms with E-state index in [9.17, 15) is 14.7 Å². The van der Waals surface area contributed by atoms with Gasteiger partial charge in [-0.1, -0.05) is 51.1 Å². The number of halogens is 1. The maximum absolute atomic E-state index is 16.0. The number of amides is 2. The van der Waals surface area contributed by atoms with E-state index in [1.54, 1.807) is 19.1 Å². The van der Waals surface area contributed by atoms with Gasteiger partial charge >= 0.3 is 0 Å². The summed E-state index contributed by atoms with van der Waals surface area (Å²) in [5.41, 5.74) is 10.4. The van der Waals surface area contributed by atoms with E-state index in [1.807, 2.05) is 68.3 Å². The number of nitrogens with one attached hydrogen (secondary N) is 2. The van der Waals surface area contributed by atoms with Crippen molar-refractivity contribution < 1.29 is 28.7 Å². The van der Waals surface area contributed by atoms with Gasteiger partial charge in [-0.2, -0.15) is 5.06 Å². The molecule has 3 aromatic rings. The highest BCUT2D eigenvalue weighted by atomic mass is 19.1. The Morgan fingerprint density at radius 2 is 1.80 bits per heavy atom. The van der Waals surface area contributed by atoms with Crippen LogP contribution in [0.3, 0.4) is 0 Å². The van der Waals surface area contributed by atoms with Gasteiger partial charge in [0.05, 0.1) is 25.7 Å². The Kier molecular flexibility index (Phi) is 12.5. The highest BCUT2D eigenvalue weighted by Gasteiger charge is 2.57. The maximum atomic E-state index is 16.0. The van der Waals surface area contributed by atoms with E-state index in [0.717, 1.165) is 17.7 Å². The molecule has 1 heterocycles. The first-order valence-electron chi connectivity index (χ1n) is 19.8. The predicted molar refractivity (Wildman–Crippen MR) is 217 cm³/mol. The Balaban J connectivity index is 1.30. The number of carbonyl (C=O) groups excluding carboxylic acids is 2. The van der Waals surface area contributed by atoms with Crippen LogP contribution < -0.4 is 26.0 Å². The topological polar surface area (TPSA) is 133 Å². The average molecular weight is 773 g/mol. The third kappa shape index (κ3) is 8.45. The number of rotatable bonds is 14. The number of carbonyl (C=O) groups is 2. The summed E-state index contributed by atoms with van der Waals surface area (Å²) in [7, 11) is 9.22. The second kappa shape index (κ2) is 16.8. The molecule has 56 heavy (non-hydrogen) atoms. The van der Waals surface area contributed by atoms with E-state index in [4.69, 9.17) is 15.3 Å². The van der Waals surface area contributed by atoms with Crippen LogP contribution in [0.15, 0.2) is 60.7 Å². The number of methoxy groups -OCH3 is 1. The number of nitrogens with zero attached hydrogens (tertiary/aromatic N) is 3. The van der Waals surface area contributed by atoms with Gasteiger partial charge in [0.15, 0.2) is 0 Å². The molecule has 7 rings (SSSR count). The van der Waals surface area contributed by atoms with Gasteiger partial charge in [0.2, 0.25) is 5.91 Å². The predicted octanol–water partition coefficient (Wildman–Crippen LogP) is 5.05. The standard InChI is InChI=1S/C44H61FN6O5/c1-25-35-21-30(44(35,3)4)22-37(25)48-43(54)39-38(26(2)52)41(46)56-51(39)24-34-36(45)16-15-33(40(34)55-9)28-18-29(20-32(19-28)50(7)8)42(53)47-31(23-49(5)6)17-27-13-11-10-12-14-27/h10-16,18-20,25-26,30-31,35,37-39,41,52H,17,21-24,46H2,1-9H3,(H,47,53)(H,48,54)/t25-,26-,30+,31-,35-,37-,38-,39-,41?/m0/s1. The Morgan fingerprint density at radius 1 is 1.09 bits per heavy atom. The number of fused-ring (bicyclic) bond motifs is 2. The highest BCUT2D eigenvalue weighted by molar-refractivity contribution is 5.97. The van der Waals surface area contributed by atoms with Crippen LogP contribution in [-0.2, 0) is 22.6 Å². The quantitative estimate of drug-likeness (QED) is 0.178. The Hall–Kier alpha value is -4.07. The molecular weight excluding hydrogens is 712 g/mol. The number of likely N-dealkylation sites (N-methyl/N-ethyl adjacent to an activating group) is 1. The molecule has 5 N–H and O–H groups in total. The number of hydrogen-bond donors (Lipinski definition) is 4. The number of anilines is 1. The summed E-state index contributed by atoms with van der Waals surface area (Å²) in [5.74, 6) is -0.267. The van der Waals surface area contributed by atoms with Crippen LogP contribution >= 0.6 is 0 Å². The molecule has 12 heteroatoms. The summed E-state index contributed by atoms with van der Waals surface area (Å²) in [4.78, 5) is 38.2. The molecule has 0 aromatic heterocycles. The zero-order chi connectivity index (χ0) is 40.6. The molecule has 4 aliphatic rings. The summed E-state index contributed by atoms with van der Waals surface area (Å²) in [6, 6.07) is 17.5. The van der Waals surface area contributed by atoms with E-state index < -0.39 is 30.1 Å². The first kappa shape index (κ1) is 41.6. The number of hydroxylamine groups is 2. The van der Waals surface area contributed by atoms with Crippen LogP contribution in [0.1, 0.15) is 62.0 Å². The molecule has 3 aromatic carbocycles. The SMILES string of the molecule is COc1c(-c2cc(C(=O)N[C@@H](Cc3ccccc3)CN(C)C)cc(N(C)C)c2)ccc(F)c1CN1OC(N)[C@@H]([C@H](C)O)[C@H]1C(=O)N[C@H]1C[C@H]2C[C@@H]([C@@H]1C)C2(C)C. The molecule has 2 amide bonds. The number of hydrogen-bond acceptors (Lipinski definition) is 9. The zero-order valence-electron chi connectivity index (χ0n) is 34.4. The second-order valence-electron chi connectivity index (χ2n) is 17.4. The number of nitrogens with two attached hydrogens (primary N) is 1. The van der Waals surface area contributed by atoms with Crippen molar-refractivity contribution in [2.45, 2.75) is 84.0 Å². The lowest BCUT2D eigenvalue weighted by molar-refractivity contribution is -0.176. The van der Waals surface area contributed by atoms with Crippen LogP contribution in [0.2, 0.25) is 0 Å². The van der Waals surface area contributed by atoms with Crippen molar-refractivity contribution in [3.05, 3.63) is 83.2 Å². The first-order chi connectivity index (χ1) is 26.5. The van der Waals surface area contributed by atoms with E-state index >= 15 is 4.39 Å². The fourth-order valence-corrected chi connectivity index (χ4v) is 9.54. The zero-order valence-corrected chi connectivity index (χ0v) is 34.4. The van der Waals surface area contributed by atoms with E-state index in [1.165, 1.54) is 24.7 Å². The third-order valence-corrected chi connectivity index (χ3v) is 12.8. The summed E-state index contributed by atoms with van der Waals surface area (Å²) in [6.07, 6.45) is 0.759. The molecule has 11 nitrogen and oxygen atoms in total. The van der Waals surface area contributed by atoms with Crippen molar-refractivity contribution in [3.8, 4) is 16.9 Å². The Labute approximate surface area is 331 Å². The van der Waals surface area contributed by atoms with Crippen molar-refractivity contribution in [1.82, 2.24) is 20.6 Å². The van der Waals surface area contributed by atoms with Crippen LogP contribution in [0.5, 0.6) is 5.75 Å². The lowest BCUT2D eigenvalue weighted by Gasteiger charge is -2.62. The average Bonchev–Trinajstić information content (AvgIpc) is 3.48. The molecule has 4 fully saturated rings. The minimum absolute atomic E-state index is 0.0194. The molecule has 9 atom stereocenters. The van der Waals surface area contributed by atoms with Gasteiger partial charge in [0.25, 0.3) is 5.91 Å². The Bertz CT molecular complexity index is 1870. The van der Waals surface area contributed by atoms with Crippen LogP contribution in [0, 0.1) is 34.9 Å². The molecule has 3 aliphatic carbocycles. The third-order valence-electron chi connectivity index (χ3n) is 12.8. The minimum atomic E-state index is -0.991. The summed E-state index contributed by atoms with van der Waals surface area (Å²) < 4.78 is 22.0. The Morgan fingerprint density at radius 3 is 2.41 bits per heavy atom. The summed E-state index contributed by atoms with van der Waals surface area (Å²) in [5, 5.41) is 18.8. The fourth-order valence-electron chi connectivity index (χ4n) is 9.54. The molecule has 1 saturated heterocycles. The second-order valence-corrected chi connectivity index (χ2v) is 17.4. The first-order valence-corrected chi connectivity index (χ1v) is 19.8. The monoisotopic (exact) mass is 772 g/mol. The van der Waals surface area contributed by atoms with Crippen molar-refractivity contribution in [1.29, 1.82) is 0 Å². The highest BCUT2D eigenvalue weighted by Crippen LogP contribution is 2.61. The molecule has 1 unspecified atom stereocenters. The van der Waals surface area contributed by atoms with Gasteiger partial charge < -0.3 is 36.0 Å². The van der Waals surface area contributed by atoms with Crippen molar-refractivity contribution in [3.63, 3.8) is 0 Å². The smallest absolute Gasteiger partial charge is 0.251 e. The fraction of sp³-hybridized carbons (Fsp3) is 0.545. The van der Waals surface area contributed by atoms with Crippen LogP contribution in [-0.4, -0.2) is 99.2 Å². The number of ether oxygens (including phenoxy) is 1. The minimum Gasteiger partial charge on any atom is -0.496 e. The molecule has 304 valence electrons. The normalized spacial score (nSPS) is 26.6. The molecule has 0 radical (unpaired) electrons. The van der Waals surface area contributed by atoms with E-state index in [2.05, 4.69) is 43.5 Å². The van der Waals surface area contributed by atoms with E-state index in [0.29, 0.717) is 41.5 Å². The maximum Gasteiger partial charge on any atom is 0.251 e. The van der Waals surface area contributed by atoms with Crippen molar-refractivity contribution >= 4 is 17.5 Å². The van der Waals surface area contributed by atoms with Crippen LogP contribution in [0.4, 0.5) is 10.1 Å². The largest absolute Gasteiger partial charge is 0.496 e. The van der Waals surface area contributed by atoms with Crippen molar-refractivity contribution in [2.75, 3.05) is 46.7 Å². The van der Waals surface area contributed by atoms with Gasteiger partial charge in [-0.15, -0.1) is 0 Å². The molecule has 1 aliphatic heterocycles. The molecule has 2 bridgehead atoms. The molecule has 3 saturated carbocycles. The van der Waals surface area contributed by atoms with Gasteiger partial charge in [-0.25, -0.2) is 4.39 Å². The van der Waals surface area contributed by atoms with E-state index in [-0.39, 0.29) is 53.1 Å².